The van der Waals surface area contributed by atoms with E-state index in [0.29, 0.717) is 12.1 Å². The first-order chi connectivity index (χ1) is 11.0. The molecule has 4 nitrogen and oxygen atoms in total. The Labute approximate surface area is 135 Å². The van der Waals surface area contributed by atoms with Crippen LogP contribution in [0.25, 0.3) is 11.0 Å². The molecule has 0 aliphatic carbocycles. The fourth-order valence-corrected chi connectivity index (χ4v) is 2.54. The Hall–Kier alpha value is -2.75. The number of para-hydroxylation sites is 1. The highest BCUT2D eigenvalue weighted by Gasteiger charge is 2.14. The average molecular weight is 308 g/mol. The van der Waals surface area contributed by atoms with Crippen LogP contribution in [0, 0.1) is 0 Å². The van der Waals surface area contributed by atoms with Gasteiger partial charge in [0.05, 0.1) is 6.54 Å². The minimum absolute atomic E-state index is 0.0178. The van der Waals surface area contributed by atoms with Crippen molar-refractivity contribution in [3.8, 4) is 0 Å². The third-order valence-corrected chi connectivity index (χ3v) is 3.85. The second-order valence-electron chi connectivity index (χ2n) is 5.85. The Bertz CT molecular complexity index is 786. The summed E-state index contributed by atoms with van der Waals surface area (Å²) < 4.78 is 5.77. The fraction of sp³-hybridized carbons (Fsp3) is 0.211. The van der Waals surface area contributed by atoms with Crippen molar-refractivity contribution in [2.45, 2.75) is 6.54 Å². The van der Waals surface area contributed by atoms with Crippen LogP contribution >= 0.6 is 0 Å². The first kappa shape index (κ1) is 15.2. The van der Waals surface area contributed by atoms with E-state index < -0.39 is 0 Å². The number of hydrogen-bond donors (Lipinski definition) is 0. The maximum atomic E-state index is 12.5. The van der Waals surface area contributed by atoms with Crippen LogP contribution in [0.15, 0.2) is 59.0 Å². The van der Waals surface area contributed by atoms with Crippen LogP contribution in [0.5, 0.6) is 0 Å². The molecule has 0 radical (unpaired) electrons. The van der Waals surface area contributed by atoms with Crippen molar-refractivity contribution >= 4 is 22.6 Å². The minimum Gasteiger partial charge on any atom is -0.459 e. The Morgan fingerprint density at radius 2 is 1.70 bits per heavy atom. The topological polar surface area (TPSA) is 36.7 Å². The molecule has 1 heterocycles. The van der Waals surface area contributed by atoms with Crippen LogP contribution in [-0.4, -0.2) is 32.0 Å². The second-order valence-corrected chi connectivity index (χ2v) is 5.85. The van der Waals surface area contributed by atoms with Gasteiger partial charge in [0, 0.05) is 37.8 Å². The number of hydrogen-bond acceptors (Lipinski definition) is 3. The standard InChI is InChI=1S/C19H20N2O2/c1-20(2)16-10-8-14(9-11-16)19(22)21(3)13-17-12-15-6-4-5-7-18(15)23-17/h4-12H,13H2,1-3H3. The summed E-state index contributed by atoms with van der Waals surface area (Å²) in [7, 11) is 5.74. The summed E-state index contributed by atoms with van der Waals surface area (Å²) in [6.45, 7) is 0.447. The molecule has 3 aromatic rings. The highest BCUT2D eigenvalue weighted by molar-refractivity contribution is 5.94. The third kappa shape index (κ3) is 3.21. The predicted octanol–water partition coefficient (Wildman–Crippen LogP) is 3.77. The lowest BCUT2D eigenvalue weighted by atomic mass is 10.1. The molecule has 0 atom stereocenters. The highest BCUT2D eigenvalue weighted by Crippen LogP contribution is 2.20. The van der Waals surface area contributed by atoms with Gasteiger partial charge >= 0.3 is 0 Å². The molecule has 4 heteroatoms. The number of fused-ring (bicyclic) bond motifs is 1. The van der Waals surface area contributed by atoms with Gasteiger partial charge in [0.2, 0.25) is 0 Å². The zero-order valence-corrected chi connectivity index (χ0v) is 13.6. The molecule has 118 valence electrons. The van der Waals surface area contributed by atoms with Crippen LogP contribution < -0.4 is 4.90 Å². The monoisotopic (exact) mass is 308 g/mol. The molecule has 1 aromatic heterocycles. The number of amides is 1. The molecule has 3 rings (SSSR count). The van der Waals surface area contributed by atoms with E-state index in [9.17, 15) is 4.79 Å². The summed E-state index contributed by atoms with van der Waals surface area (Å²) in [5, 5.41) is 1.05. The van der Waals surface area contributed by atoms with Crippen molar-refractivity contribution in [3.63, 3.8) is 0 Å². The predicted molar refractivity (Wildman–Crippen MR) is 92.8 cm³/mol. The van der Waals surface area contributed by atoms with E-state index in [1.807, 2.05) is 73.6 Å². The van der Waals surface area contributed by atoms with Gasteiger partial charge < -0.3 is 14.2 Å². The van der Waals surface area contributed by atoms with Gasteiger partial charge in [0.1, 0.15) is 11.3 Å². The number of furan rings is 1. The number of anilines is 1. The molecule has 0 aliphatic heterocycles. The molecule has 0 aliphatic rings. The summed E-state index contributed by atoms with van der Waals surface area (Å²) in [6.07, 6.45) is 0. The van der Waals surface area contributed by atoms with Crippen molar-refractivity contribution in [3.05, 3.63) is 65.9 Å². The van der Waals surface area contributed by atoms with Gasteiger partial charge in [-0.25, -0.2) is 0 Å². The van der Waals surface area contributed by atoms with Crippen LogP contribution in [0.2, 0.25) is 0 Å². The molecule has 1 amide bonds. The molecule has 0 fully saturated rings. The summed E-state index contributed by atoms with van der Waals surface area (Å²) in [5.41, 5.74) is 2.59. The van der Waals surface area contributed by atoms with Crippen molar-refractivity contribution in [1.29, 1.82) is 0 Å². The first-order valence-corrected chi connectivity index (χ1v) is 7.55. The largest absolute Gasteiger partial charge is 0.459 e. The molecular weight excluding hydrogens is 288 g/mol. The lowest BCUT2D eigenvalue weighted by molar-refractivity contribution is 0.0776. The number of rotatable bonds is 4. The Morgan fingerprint density at radius 3 is 2.35 bits per heavy atom. The Balaban J connectivity index is 1.74. The lowest BCUT2D eigenvalue weighted by Crippen LogP contribution is -2.26. The van der Waals surface area contributed by atoms with E-state index >= 15 is 0 Å². The summed E-state index contributed by atoms with van der Waals surface area (Å²) in [4.78, 5) is 16.2. The van der Waals surface area contributed by atoms with E-state index in [-0.39, 0.29) is 5.91 Å². The van der Waals surface area contributed by atoms with Gasteiger partial charge in [0.25, 0.3) is 5.91 Å². The SMILES string of the molecule is CN(Cc1cc2ccccc2o1)C(=O)c1ccc(N(C)C)cc1. The van der Waals surface area contributed by atoms with Crippen molar-refractivity contribution < 1.29 is 9.21 Å². The van der Waals surface area contributed by atoms with Gasteiger partial charge in [-0.3, -0.25) is 4.79 Å². The van der Waals surface area contributed by atoms with Crippen molar-refractivity contribution in [2.24, 2.45) is 0 Å². The molecule has 23 heavy (non-hydrogen) atoms. The summed E-state index contributed by atoms with van der Waals surface area (Å²) >= 11 is 0. The highest BCUT2D eigenvalue weighted by atomic mass is 16.3. The zero-order valence-electron chi connectivity index (χ0n) is 13.6. The maximum Gasteiger partial charge on any atom is 0.254 e. The van der Waals surface area contributed by atoms with Gasteiger partial charge in [0.15, 0.2) is 0 Å². The number of benzene rings is 2. The number of carbonyl (C=O) groups is 1. The quantitative estimate of drug-likeness (QED) is 0.736. The van der Waals surface area contributed by atoms with Crippen LogP contribution in [0.3, 0.4) is 0 Å². The van der Waals surface area contributed by atoms with Crippen LogP contribution in [-0.2, 0) is 6.54 Å². The van der Waals surface area contributed by atoms with Gasteiger partial charge in [-0.1, -0.05) is 18.2 Å². The van der Waals surface area contributed by atoms with Gasteiger partial charge in [-0.2, -0.15) is 0 Å². The second kappa shape index (κ2) is 6.16. The molecule has 0 N–H and O–H groups in total. The normalized spacial score (nSPS) is 10.7. The first-order valence-electron chi connectivity index (χ1n) is 7.55. The van der Waals surface area contributed by atoms with E-state index in [1.165, 1.54) is 0 Å². The van der Waals surface area contributed by atoms with E-state index in [1.54, 1.807) is 11.9 Å². The Kier molecular flexibility index (Phi) is 4.06. The van der Waals surface area contributed by atoms with Crippen molar-refractivity contribution in [1.82, 2.24) is 4.90 Å². The molecule has 2 aromatic carbocycles. The lowest BCUT2D eigenvalue weighted by Gasteiger charge is -2.17. The van der Waals surface area contributed by atoms with Crippen molar-refractivity contribution in [2.75, 3.05) is 26.0 Å². The molecule has 0 bridgehead atoms. The zero-order chi connectivity index (χ0) is 16.4. The minimum atomic E-state index is -0.0178. The molecule has 0 spiro atoms. The van der Waals surface area contributed by atoms with E-state index in [2.05, 4.69) is 0 Å². The number of nitrogens with zero attached hydrogens (tertiary/aromatic N) is 2. The molecule has 0 saturated heterocycles. The van der Waals surface area contributed by atoms with E-state index in [4.69, 9.17) is 4.42 Å². The summed E-state index contributed by atoms with van der Waals surface area (Å²) in [5.74, 6) is 0.766. The molecule has 0 saturated carbocycles. The van der Waals surface area contributed by atoms with Crippen LogP contribution in [0.1, 0.15) is 16.1 Å². The Morgan fingerprint density at radius 1 is 1.00 bits per heavy atom. The molecular formula is C19H20N2O2. The number of carbonyl (C=O) groups excluding carboxylic acids is 1. The third-order valence-electron chi connectivity index (χ3n) is 3.85. The average Bonchev–Trinajstić information content (AvgIpc) is 2.96. The van der Waals surface area contributed by atoms with Gasteiger partial charge in [-0.15, -0.1) is 0 Å². The fourth-order valence-electron chi connectivity index (χ4n) is 2.54. The summed E-state index contributed by atoms with van der Waals surface area (Å²) in [6, 6.07) is 17.4. The molecule has 0 unspecified atom stereocenters. The van der Waals surface area contributed by atoms with Gasteiger partial charge in [-0.05, 0) is 36.4 Å². The van der Waals surface area contributed by atoms with E-state index in [0.717, 1.165) is 22.4 Å². The maximum absolute atomic E-state index is 12.5. The smallest absolute Gasteiger partial charge is 0.254 e. The van der Waals surface area contributed by atoms with Crippen LogP contribution in [0.4, 0.5) is 5.69 Å².